The summed E-state index contributed by atoms with van der Waals surface area (Å²) in [6.07, 6.45) is 4.01. The molecule has 0 fully saturated rings. The molecule has 138 valence electrons. The van der Waals surface area contributed by atoms with Gasteiger partial charge in [-0.15, -0.1) is 0 Å². The van der Waals surface area contributed by atoms with Gasteiger partial charge in [0.1, 0.15) is 0 Å². The zero-order valence-corrected chi connectivity index (χ0v) is 15.7. The molecule has 0 saturated carbocycles. The summed E-state index contributed by atoms with van der Waals surface area (Å²) in [5, 5.41) is 0. The van der Waals surface area contributed by atoms with E-state index >= 15 is 0 Å². The molecule has 0 unspecified atom stereocenters. The molecule has 0 radical (unpaired) electrons. The van der Waals surface area contributed by atoms with Crippen LogP contribution in [0, 0.1) is 0 Å². The smallest absolute Gasteiger partial charge is 0.333 e. The van der Waals surface area contributed by atoms with Crippen LogP contribution in [0.4, 0.5) is 0 Å². The minimum Gasteiger partial charge on any atom is -0.493 e. The van der Waals surface area contributed by atoms with Gasteiger partial charge in [-0.25, -0.2) is 4.79 Å². The topological polar surface area (TPSA) is 44.8 Å². The second kappa shape index (κ2) is 10.3. The fourth-order valence-corrected chi connectivity index (χ4v) is 2.68. The Labute approximate surface area is 155 Å². The lowest BCUT2D eigenvalue weighted by molar-refractivity contribution is -0.138. The molecule has 0 bridgehead atoms. The monoisotopic (exact) mass is 354 g/mol. The minimum atomic E-state index is -0.246. The average molecular weight is 354 g/mol. The molecule has 0 atom stereocenters. The molecule has 2 aromatic carbocycles. The summed E-state index contributed by atoms with van der Waals surface area (Å²) in [5.74, 6) is 1.14. The van der Waals surface area contributed by atoms with Crippen LogP contribution < -0.4 is 9.47 Å². The predicted octanol–water partition coefficient (Wildman–Crippen LogP) is 4.37. The van der Waals surface area contributed by atoms with Crippen molar-refractivity contribution in [2.24, 2.45) is 0 Å². The first-order valence-electron chi connectivity index (χ1n) is 8.79. The number of carbonyl (C=O) groups excluding carboxylic acids is 1. The zero-order chi connectivity index (χ0) is 18.8. The Balaban J connectivity index is 2.10. The highest BCUT2D eigenvalue weighted by Gasteiger charge is 2.12. The van der Waals surface area contributed by atoms with Crippen molar-refractivity contribution in [2.75, 3.05) is 20.8 Å². The van der Waals surface area contributed by atoms with Gasteiger partial charge in [0.25, 0.3) is 0 Å². The van der Waals surface area contributed by atoms with E-state index in [9.17, 15) is 4.79 Å². The van der Waals surface area contributed by atoms with Crippen LogP contribution in [0.1, 0.15) is 24.5 Å². The summed E-state index contributed by atoms with van der Waals surface area (Å²) in [7, 11) is 3.23. The molecule has 2 rings (SSSR count). The van der Waals surface area contributed by atoms with Crippen molar-refractivity contribution < 1.29 is 19.0 Å². The van der Waals surface area contributed by atoms with E-state index in [-0.39, 0.29) is 5.97 Å². The molecular formula is C22H26O4. The number of esters is 1. The molecule has 0 spiro atoms. The molecule has 0 aromatic heterocycles. The van der Waals surface area contributed by atoms with Gasteiger partial charge in [-0.05, 0) is 49.4 Å². The molecule has 4 nitrogen and oxygen atoms in total. The largest absolute Gasteiger partial charge is 0.493 e. The summed E-state index contributed by atoms with van der Waals surface area (Å²) in [5.41, 5.74) is 2.95. The minimum absolute atomic E-state index is 0.246. The standard InChI is InChI=1S/C22H26O4/c1-4-26-22(23)19(13-10-17-8-6-5-7-9-17)14-11-18-12-15-20(24-2)21(16-18)25-3/h5-9,12-13,15-16H,4,10-11,14H2,1-3H3. The Kier molecular flexibility index (Phi) is 7.75. The number of hydrogen-bond donors (Lipinski definition) is 0. The lowest BCUT2D eigenvalue weighted by atomic mass is 10.0. The molecule has 0 aliphatic carbocycles. The molecule has 4 heteroatoms. The first-order valence-corrected chi connectivity index (χ1v) is 8.79. The van der Waals surface area contributed by atoms with Gasteiger partial charge in [-0.3, -0.25) is 0 Å². The Bertz CT molecular complexity index is 735. The predicted molar refractivity (Wildman–Crippen MR) is 103 cm³/mol. The first-order chi connectivity index (χ1) is 12.7. The van der Waals surface area contributed by atoms with Crippen LogP contribution in [0.2, 0.25) is 0 Å². The SMILES string of the molecule is CCOC(=O)C(=CCc1ccccc1)CCc1ccc(OC)c(OC)c1. The fraction of sp³-hybridized carbons (Fsp3) is 0.318. The van der Waals surface area contributed by atoms with E-state index in [0.29, 0.717) is 36.5 Å². The molecule has 2 aromatic rings. The number of ether oxygens (including phenoxy) is 3. The van der Waals surface area contributed by atoms with E-state index in [1.165, 1.54) is 5.56 Å². The van der Waals surface area contributed by atoms with Crippen LogP contribution in [0.15, 0.2) is 60.2 Å². The Hall–Kier alpha value is -2.75. The highest BCUT2D eigenvalue weighted by molar-refractivity contribution is 5.88. The number of benzene rings is 2. The number of hydrogen-bond acceptors (Lipinski definition) is 4. The molecule has 0 aliphatic rings. The third-order valence-electron chi connectivity index (χ3n) is 4.10. The van der Waals surface area contributed by atoms with Crippen LogP contribution in [0.25, 0.3) is 0 Å². The van der Waals surface area contributed by atoms with Gasteiger partial charge >= 0.3 is 5.97 Å². The second-order valence-electron chi connectivity index (χ2n) is 5.83. The molecule has 0 heterocycles. The molecule has 26 heavy (non-hydrogen) atoms. The normalized spacial score (nSPS) is 11.1. The summed E-state index contributed by atoms with van der Waals surface area (Å²) in [4.78, 5) is 12.3. The zero-order valence-electron chi connectivity index (χ0n) is 15.7. The van der Waals surface area contributed by atoms with E-state index in [0.717, 1.165) is 12.0 Å². The fourth-order valence-electron chi connectivity index (χ4n) is 2.68. The van der Waals surface area contributed by atoms with E-state index < -0.39 is 0 Å². The van der Waals surface area contributed by atoms with E-state index in [1.807, 2.05) is 61.5 Å². The number of methoxy groups -OCH3 is 2. The Morgan fingerprint density at radius 1 is 0.962 bits per heavy atom. The van der Waals surface area contributed by atoms with Gasteiger partial charge < -0.3 is 14.2 Å². The van der Waals surface area contributed by atoms with Crippen molar-refractivity contribution in [1.29, 1.82) is 0 Å². The van der Waals surface area contributed by atoms with Crippen LogP contribution in [-0.4, -0.2) is 26.8 Å². The maximum absolute atomic E-state index is 12.3. The number of carbonyl (C=O) groups is 1. The van der Waals surface area contributed by atoms with Gasteiger partial charge in [0.15, 0.2) is 11.5 Å². The van der Waals surface area contributed by atoms with Crippen molar-refractivity contribution in [2.45, 2.75) is 26.2 Å². The van der Waals surface area contributed by atoms with Gasteiger partial charge in [-0.1, -0.05) is 42.5 Å². The molecule has 0 amide bonds. The van der Waals surface area contributed by atoms with Gasteiger partial charge in [-0.2, -0.15) is 0 Å². The van der Waals surface area contributed by atoms with Crippen LogP contribution in [-0.2, 0) is 22.4 Å². The lowest BCUT2D eigenvalue weighted by Crippen LogP contribution is -2.09. The van der Waals surface area contributed by atoms with Crippen molar-refractivity contribution in [1.82, 2.24) is 0 Å². The summed E-state index contributed by atoms with van der Waals surface area (Å²) >= 11 is 0. The maximum atomic E-state index is 12.3. The summed E-state index contributed by atoms with van der Waals surface area (Å²) in [6, 6.07) is 15.9. The van der Waals surface area contributed by atoms with Crippen molar-refractivity contribution in [3.05, 3.63) is 71.3 Å². The lowest BCUT2D eigenvalue weighted by Gasteiger charge is -2.11. The van der Waals surface area contributed by atoms with Gasteiger partial charge in [0.05, 0.1) is 20.8 Å². The van der Waals surface area contributed by atoms with Crippen LogP contribution in [0.3, 0.4) is 0 Å². The molecule has 0 aliphatic heterocycles. The van der Waals surface area contributed by atoms with Crippen molar-refractivity contribution >= 4 is 5.97 Å². The number of aryl methyl sites for hydroxylation is 1. The van der Waals surface area contributed by atoms with Crippen LogP contribution >= 0.6 is 0 Å². The third-order valence-corrected chi connectivity index (χ3v) is 4.10. The Morgan fingerprint density at radius 3 is 2.35 bits per heavy atom. The van der Waals surface area contributed by atoms with Crippen molar-refractivity contribution in [3.8, 4) is 11.5 Å². The molecule has 0 N–H and O–H groups in total. The van der Waals surface area contributed by atoms with E-state index in [4.69, 9.17) is 14.2 Å². The molecular weight excluding hydrogens is 328 g/mol. The number of allylic oxidation sites excluding steroid dienone is 1. The second-order valence-corrected chi connectivity index (χ2v) is 5.83. The summed E-state index contributed by atoms with van der Waals surface area (Å²) in [6.45, 7) is 2.19. The average Bonchev–Trinajstić information content (AvgIpc) is 2.68. The van der Waals surface area contributed by atoms with Crippen molar-refractivity contribution in [3.63, 3.8) is 0 Å². The summed E-state index contributed by atoms with van der Waals surface area (Å²) < 4.78 is 15.8. The third kappa shape index (κ3) is 5.66. The van der Waals surface area contributed by atoms with Gasteiger partial charge in [0, 0.05) is 5.57 Å². The Morgan fingerprint density at radius 2 is 1.69 bits per heavy atom. The van der Waals surface area contributed by atoms with E-state index in [2.05, 4.69) is 0 Å². The van der Waals surface area contributed by atoms with E-state index in [1.54, 1.807) is 14.2 Å². The highest BCUT2D eigenvalue weighted by Crippen LogP contribution is 2.28. The maximum Gasteiger partial charge on any atom is 0.333 e. The highest BCUT2D eigenvalue weighted by atomic mass is 16.5. The van der Waals surface area contributed by atoms with Gasteiger partial charge in [0.2, 0.25) is 0 Å². The molecule has 0 saturated heterocycles. The number of rotatable bonds is 9. The first kappa shape index (κ1) is 19.6. The quantitative estimate of drug-likeness (QED) is 0.495. The van der Waals surface area contributed by atoms with Crippen LogP contribution in [0.5, 0.6) is 11.5 Å².